The number of aromatic nitrogens is 6. The number of carbonyl (C=O) groups is 6. The predicted molar refractivity (Wildman–Crippen MR) is 496 cm³/mol. The van der Waals surface area contributed by atoms with Crippen LogP contribution in [-0.2, 0) is 38.0 Å². The highest BCUT2D eigenvalue weighted by atomic mass is 79.9. The Hall–Kier alpha value is -13.2. The monoisotopic (exact) mass is 1860 g/mol. The number of nitro benzene ring substituents is 1. The number of halogens is 2. The van der Waals surface area contributed by atoms with E-state index < -0.39 is 28.6 Å². The first-order valence-corrected chi connectivity index (χ1v) is 41.7. The molecule has 8 N–H and O–H groups in total. The zero-order chi connectivity index (χ0) is 90.0. The molecule has 0 aliphatic rings. The van der Waals surface area contributed by atoms with Crippen molar-refractivity contribution in [3.63, 3.8) is 0 Å². The normalized spacial score (nSPS) is 10.6. The summed E-state index contributed by atoms with van der Waals surface area (Å²) in [7, 11) is 5.49. The maximum absolute atomic E-state index is 12.1. The molecular weight excluding hydrogens is 1780 g/mol. The SMILES string of the molecule is COC(=O)CS.COC(=O)c1sc2ccc3ncccc3c2c1Br.COC(=O)c1sc2ccc3ncccc3c2c1N.COC(=O)c1sc2ccc3ncccc3c2c1NCC(C)C.C[C@H](CN)NC(=O)OC(C)(C)C.N#Cc1c(Br)ccc2ncccc12.N#Cc1c(N)ccc2ncccc12.O=[N+]([O-])c1ccc2ncccc2c1.[C-]#[N+]CC(=O)OCC. The number of carbonyl (C=O) groups excluding carboxylic acids is 6. The average Bonchev–Trinajstić information content (AvgIpc) is 1.62. The summed E-state index contributed by atoms with van der Waals surface area (Å²) in [6.45, 7) is 20.9. The average molecular weight is 1860 g/mol. The number of nitro groups is 1. The fourth-order valence-corrected chi connectivity index (χ4v) is 15.8. The number of nitrogen functional groups attached to an aromatic ring is 2. The van der Waals surface area contributed by atoms with Gasteiger partial charge in [-0.05, 0) is 188 Å². The number of rotatable bonds is 12. The number of ether oxygens (including phenoxy) is 6. The number of fused-ring (bicyclic) bond motifs is 12. The molecule has 1 amide bonds. The molecule has 634 valence electrons. The highest BCUT2D eigenvalue weighted by Gasteiger charge is 2.24. The summed E-state index contributed by atoms with van der Waals surface area (Å²) < 4.78 is 32.8. The quantitative estimate of drug-likeness (QED) is 0.0126. The third-order valence-corrected chi connectivity index (χ3v) is 22.0. The number of pyridine rings is 6. The first kappa shape index (κ1) is 96.9. The molecule has 15 rings (SSSR count). The number of nitriles is 2. The highest BCUT2D eigenvalue weighted by Crippen LogP contribution is 2.43. The Labute approximate surface area is 741 Å². The van der Waals surface area contributed by atoms with Gasteiger partial charge in [-0.15, -0.1) is 34.0 Å². The Morgan fingerprint density at radius 2 is 1.02 bits per heavy atom. The number of hydrogen-bond donors (Lipinski definition) is 6. The van der Waals surface area contributed by atoms with E-state index in [0.717, 1.165) is 117 Å². The molecule has 35 heteroatoms. The second-order valence-corrected chi connectivity index (χ2v) is 31.9. The van der Waals surface area contributed by atoms with Crippen molar-refractivity contribution in [2.75, 3.05) is 77.2 Å². The number of nitrogens with zero attached hydrogens (tertiary/aromatic N) is 10. The van der Waals surface area contributed by atoms with E-state index in [1.54, 1.807) is 74.4 Å². The van der Waals surface area contributed by atoms with Gasteiger partial charge in [-0.2, -0.15) is 23.2 Å². The van der Waals surface area contributed by atoms with Crippen LogP contribution in [0.1, 0.15) is 88.6 Å². The Kier molecular flexibility index (Phi) is 37.6. The number of alkyl carbamates (subject to hydrolysis) is 1. The Morgan fingerprint density at radius 1 is 0.585 bits per heavy atom. The number of hydrogen-bond acceptors (Lipinski definition) is 30. The predicted octanol–water partition coefficient (Wildman–Crippen LogP) is 19.2. The molecule has 0 aliphatic heterocycles. The van der Waals surface area contributed by atoms with Gasteiger partial charge in [-0.1, -0.05) is 38.1 Å². The minimum atomic E-state index is -0.446. The Morgan fingerprint density at radius 3 is 1.49 bits per heavy atom. The van der Waals surface area contributed by atoms with Crippen LogP contribution < -0.4 is 27.8 Å². The first-order chi connectivity index (χ1) is 58.9. The molecule has 123 heavy (non-hydrogen) atoms. The second-order valence-electron chi connectivity index (χ2n) is 26.8. The molecule has 1 atom stereocenters. The molecule has 29 nitrogen and oxygen atoms in total. The highest BCUT2D eigenvalue weighted by molar-refractivity contribution is 9.11. The lowest BCUT2D eigenvalue weighted by molar-refractivity contribution is -0.384. The molecule has 9 heterocycles. The van der Waals surface area contributed by atoms with Crippen LogP contribution in [0.25, 0.3) is 101 Å². The topological polar surface area (TPSA) is 432 Å². The van der Waals surface area contributed by atoms with Crippen molar-refractivity contribution in [3.8, 4) is 12.1 Å². The summed E-state index contributed by atoms with van der Waals surface area (Å²) in [6, 6.07) is 50.4. The lowest BCUT2D eigenvalue weighted by atomic mass is 10.1. The van der Waals surface area contributed by atoms with Gasteiger partial charge in [0.25, 0.3) is 5.69 Å². The minimum Gasteiger partial charge on any atom is -0.468 e. The van der Waals surface area contributed by atoms with Crippen LogP contribution in [0.5, 0.6) is 0 Å². The van der Waals surface area contributed by atoms with E-state index in [-0.39, 0.29) is 41.9 Å². The molecule has 0 saturated carbocycles. The maximum atomic E-state index is 12.1. The van der Waals surface area contributed by atoms with Gasteiger partial charge in [0.2, 0.25) is 0 Å². The molecule has 15 aromatic rings. The van der Waals surface area contributed by atoms with Crippen LogP contribution >= 0.6 is 78.5 Å². The van der Waals surface area contributed by atoms with Crippen LogP contribution in [0.3, 0.4) is 0 Å². The van der Waals surface area contributed by atoms with Crippen molar-refractivity contribution in [2.45, 2.75) is 60.1 Å². The summed E-state index contributed by atoms with van der Waals surface area (Å²) >= 11 is 14.7. The van der Waals surface area contributed by atoms with Gasteiger partial charge >= 0.3 is 42.5 Å². The van der Waals surface area contributed by atoms with Crippen molar-refractivity contribution in [1.82, 2.24) is 35.2 Å². The number of thiol groups is 1. The van der Waals surface area contributed by atoms with E-state index in [0.29, 0.717) is 56.2 Å². The number of non-ortho nitro benzene ring substituents is 1. The molecule has 0 fully saturated rings. The van der Waals surface area contributed by atoms with Crippen LogP contribution in [0, 0.1) is 45.3 Å². The third-order valence-electron chi connectivity index (χ3n) is 16.6. The van der Waals surface area contributed by atoms with Crippen LogP contribution in [0.15, 0.2) is 198 Å². The Balaban J connectivity index is 0.000000194. The maximum Gasteiger partial charge on any atom is 0.407 e. The number of esters is 5. The summed E-state index contributed by atoms with van der Waals surface area (Å²) in [5, 5.41) is 42.7. The van der Waals surface area contributed by atoms with E-state index in [1.165, 1.54) is 74.6 Å². The molecule has 0 bridgehead atoms. The number of benzene rings is 6. The third kappa shape index (κ3) is 26.9. The second kappa shape index (κ2) is 47.7. The van der Waals surface area contributed by atoms with Gasteiger partial charge in [-0.3, -0.25) is 44.8 Å². The van der Waals surface area contributed by atoms with Gasteiger partial charge in [0, 0.05) is 135 Å². The van der Waals surface area contributed by atoms with Crippen molar-refractivity contribution < 1.29 is 62.1 Å². The standard InChI is InChI=1S/C17H18N2O2S.C13H8BrNO2S.C13H10N2O2S.C10H5BrN2.C10H7N3.C9H6N2O2.C8H18N2O2.C5H7NO2.C3H6O2S/c1-10(2)9-19-15-14-11-5-4-8-18-12(11)6-7-13(14)22-16(15)17(20)21-3;2*1-17-13(16)12-11(14)10-7-3-2-6-15-8(7)4-5-9(10)18-12;11-9-3-4-10-7(8(9)6-12)2-1-5-13-10;11-6-8-7-2-1-5-13-10(7)4-3-9(8)12;12-11(13)8-3-4-9-7(6-8)2-1-5-10-9;1-6(5-9)10-7(11)12-8(2,3)4;1-3-8-5(7)4-6-2;1-5-3(4)2-6/h4-8,10,19H,9H2,1-3H3;2-6H,1H3;2-6H,14H2,1H3;1-5H;1-5H,12H2;1-6H;6H,5,9H2,1-4H3,(H,10,11);3-4H2,1H3;6H,2H2,1H3/t;;;;;;6-;;/m......1../s1. The molecule has 6 aromatic carbocycles. The largest absolute Gasteiger partial charge is 0.468 e. The molecular formula is C88H85Br2N15O14S4. The zero-order valence-electron chi connectivity index (χ0n) is 68.4. The fraction of sp³-hybridized carbons (Fsp3) is 0.216. The van der Waals surface area contributed by atoms with Crippen molar-refractivity contribution in [3.05, 3.63) is 245 Å². The number of nitrogens with one attached hydrogen (secondary N) is 2. The molecule has 9 aromatic heterocycles. The first-order valence-electron chi connectivity index (χ1n) is 37.1. The summed E-state index contributed by atoms with van der Waals surface area (Å²) in [5.74, 6) is -1.11. The van der Waals surface area contributed by atoms with Gasteiger partial charge in [0.05, 0.1) is 111 Å². The molecule has 0 unspecified atom stereocenters. The van der Waals surface area contributed by atoms with Crippen LogP contribution in [0.4, 0.5) is 27.5 Å². The lowest BCUT2D eigenvalue weighted by Crippen LogP contribution is -2.41. The number of anilines is 3. The van der Waals surface area contributed by atoms with E-state index in [4.69, 9.17) is 53.2 Å². The smallest absolute Gasteiger partial charge is 0.407 e. The lowest BCUT2D eigenvalue weighted by Gasteiger charge is -2.21. The van der Waals surface area contributed by atoms with Gasteiger partial charge in [-0.25, -0.2) is 30.5 Å². The molecule has 0 saturated heterocycles. The van der Waals surface area contributed by atoms with E-state index in [1.807, 2.05) is 137 Å². The molecule has 0 radical (unpaired) electrons. The number of methoxy groups -OCH3 is 4. The number of nitrogens with two attached hydrogens (primary N) is 3. The van der Waals surface area contributed by atoms with Crippen LogP contribution in [-0.4, -0.2) is 143 Å². The van der Waals surface area contributed by atoms with Crippen LogP contribution in [0.2, 0.25) is 0 Å². The van der Waals surface area contributed by atoms with Crippen molar-refractivity contribution >= 4 is 233 Å². The minimum absolute atomic E-state index is 0.0418. The molecule has 0 spiro atoms. The van der Waals surface area contributed by atoms with Crippen molar-refractivity contribution in [2.24, 2.45) is 11.7 Å². The van der Waals surface area contributed by atoms with Gasteiger partial charge in [0.15, 0.2) is 0 Å². The number of amides is 1. The van der Waals surface area contributed by atoms with E-state index >= 15 is 0 Å². The van der Waals surface area contributed by atoms with E-state index in [9.17, 15) is 38.9 Å². The van der Waals surface area contributed by atoms with Crippen molar-refractivity contribution in [1.29, 1.82) is 10.5 Å². The van der Waals surface area contributed by atoms with Gasteiger partial charge < -0.3 is 61.1 Å². The summed E-state index contributed by atoms with van der Waals surface area (Å²) in [4.78, 5) is 106. The number of thiophene rings is 3. The van der Waals surface area contributed by atoms with Gasteiger partial charge in [0.1, 0.15) is 32.4 Å². The van der Waals surface area contributed by atoms with E-state index in [2.05, 4.69) is 125 Å². The Bertz CT molecular complexity index is 6190. The summed E-state index contributed by atoms with van der Waals surface area (Å²) in [5.41, 5.74) is 24.8. The summed E-state index contributed by atoms with van der Waals surface area (Å²) in [6.07, 6.45) is 9.93. The molecule has 0 aliphatic carbocycles. The zero-order valence-corrected chi connectivity index (χ0v) is 75.0. The fourth-order valence-electron chi connectivity index (χ4n) is 11.0.